The van der Waals surface area contributed by atoms with Crippen molar-refractivity contribution in [1.29, 1.82) is 0 Å². The average Bonchev–Trinajstić information content (AvgIpc) is 3.25. The summed E-state index contributed by atoms with van der Waals surface area (Å²) in [6.45, 7) is 2.96. The summed E-state index contributed by atoms with van der Waals surface area (Å²) < 4.78 is 10.1. The van der Waals surface area contributed by atoms with Crippen molar-refractivity contribution in [2.45, 2.75) is 25.8 Å². The maximum absolute atomic E-state index is 12.1. The van der Waals surface area contributed by atoms with Crippen LogP contribution in [0.2, 0.25) is 0 Å². The maximum atomic E-state index is 12.1. The van der Waals surface area contributed by atoms with E-state index in [4.69, 9.17) is 8.94 Å². The Morgan fingerprint density at radius 3 is 2.79 bits per heavy atom. The van der Waals surface area contributed by atoms with Crippen LogP contribution in [0.5, 0.6) is 0 Å². The minimum Gasteiger partial charge on any atom is -0.465 e. The van der Waals surface area contributed by atoms with Crippen LogP contribution in [-0.4, -0.2) is 41.0 Å². The van der Waals surface area contributed by atoms with Crippen molar-refractivity contribution in [3.63, 3.8) is 0 Å². The van der Waals surface area contributed by atoms with Gasteiger partial charge in [0.2, 0.25) is 11.7 Å². The summed E-state index contributed by atoms with van der Waals surface area (Å²) in [4.78, 5) is 25.9. The monoisotopic (exact) mass is 329 g/mol. The molecule has 0 bridgehead atoms. The molecule has 3 heterocycles. The van der Waals surface area contributed by atoms with Gasteiger partial charge in [-0.1, -0.05) is 5.16 Å². The van der Waals surface area contributed by atoms with Crippen LogP contribution in [0.1, 0.15) is 34.9 Å². The molecule has 0 aromatic carbocycles. The third-order valence-corrected chi connectivity index (χ3v) is 3.93. The molecule has 2 amide bonds. The lowest BCUT2D eigenvalue weighted by Crippen LogP contribution is -2.46. The van der Waals surface area contributed by atoms with Gasteiger partial charge in [-0.15, -0.1) is 0 Å². The molecule has 1 aliphatic rings. The summed E-state index contributed by atoms with van der Waals surface area (Å²) in [6, 6.07) is 5.19. The molecule has 24 heavy (non-hydrogen) atoms. The van der Waals surface area contributed by atoms with Crippen LogP contribution >= 0.6 is 0 Å². The van der Waals surface area contributed by atoms with Gasteiger partial charge in [0.05, 0.1) is 12.0 Å². The van der Waals surface area contributed by atoms with Crippen LogP contribution in [0.4, 0.5) is 0 Å². The largest absolute Gasteiger partial charge is 0.465 e. The standard InChI is InChI=1S/C17H19N3O4/c1-12-11-15(24-19-12)17(22)18-13-6-8-20(9-7-13)16(21)5-4-14-3-2-10-23-14/h2-5,10-11,13H,6-9H2,1H3,(H,18,22)/b5-4+. The fourth-order valence-corrected chi connectivity index (χ4v) is 2.62. The van der Waals surface area contributed by atoms with Crippen molar-refractivity contribution in [3.8, 4) is 0 Å². The number of hydrogen-bond acceptors (Lipinski definition) is 5. The van der Waals surface area contributed by atoms with Gasteiger partial charge < -0.3 is 19.2 Å². The molecule has 126 valence electrons. The minimum absolute atomic E-state index is 0.0287. The first kappa shape index (κ1) is 16.0. The van der Waals surface area contributed by atoms with Gasteiger partial charge in [-0.2, -0.15) is 0 Å². The van der Waals surface area contributed by atoms with Gasteiger partial charge in [-0.05, 0) is 38.0 Å². The normalized spacial score (nSPS) is 15.8. The van der Waals surface area contributed by atoms with E-state index in [0.29, 0.717) is 37.4 Å². The molecule has 1 aliphatic heterocycles. The topological polar surface area (TPSA) is 88.6 Å². The number of nitrogens with one attached hydrogen (secondary N) is 1. The van der Waals surface area contributed by atoms with Crippen molar-refractivity contribution in [2.75, 3.05) is 13.1 Å². The summed E-state index contributed by atoms with van der Waals surface area (Å²) in [5.74, 6) is 0.542. The van der Waals surface area contributed by atoms with E-state index in [-0.39, 0.29) is 23.6 Å². The van der Waals surface area contributed by atoms with Crippen LogP contribution < -0.4 is 5.32 Å². The summed E-state index contributed by atoms with van der Waals surface area (Å²) in [7, 11) is 0. The number of likely N-dealkylation sites (tertiary alicyclic amines) is 1. The first-order valence-electron chi connectivity index (χ1n) is 7.86. The molecule has 0 radical (unpaired) electrons. The molecule has 2 aromatic heterocycles. The van der Waals surface area contributed by atoms with E-state index in [2.05, 4.69) is 10.5 Å². The summed E-state index contributed by atoms with van der Waals surface area (Å²) in [5.41, 5.74) is 0.670. The summed E-state index contributed by atoms with van der Waals surface area (Å²) in [6.07, 6.45) is 6.14. The molecule has 0 aliphatic carbocycles. The summed E-state index contributed by atoms with van der Waals surface area (Å²) in [5, 5.41) is 6.62. The molecule has 7 nitrogen and oxygen atoms in total. The highest BCUT2D eigenvalue weighted by Crippen LogP contribution is 2.13. The first-order chi connectivity index (χ1) is 11.6. The SMILES string of the molecule is Cc1cc(C(=O)NC2CCN(C(=O)/C=C/c3ccco3)CC2)on1. The molecule has 7 heteroatoms. The van der Waals surface area contributed by atoms with Gasteiger partial charge in [-0.25, -0.2) is 0 Å². The van der Waals surface area contributed by atoms with Crippen LogP contribution in [0.25, 0.3) is 6.08 Å². The van der Waals surface area contributed by atoms with Gasteiger partial charge in [0, 0.05) is 31.3 Å². The van der Waals surface area contributed by atoms with E-state index in [1.54, 1.807) is 42.4 Å². The summed E-state index contributed by atoms with van der Waals surface area (Å²) >= 11 is 0. The van der Waals surface area contributed by atoms with E-state index in [9.17, 15) is 9.59 Å². The van der Waals surface area contributed by atoms with Crippen molar-refractivity contribution in [3.05, 3.63) is 47.8 Å². The van der Waals surface area contributed by atoms with Gasteiger partial charge in [0.15, 0.2) is 0 Å². The van der Waals surface area contributed by atoms with E-state index in [0.717, 1.165) is 0 Å². The van der Waals surface area contributed by atoms with Gasteiger partial charge in [0.25, 0.3) is 5.91 Å². The molecule has 1 N–H and O–H groups in total. The molecular weight excluding hydrogens is 310 g/mol. The Kier molecular flexibility index (Phi) is 4.79. The molecule has 0 unspecified atom stereocenters. The van der Waals surface area contributed by atoms with E-state index in [1.165, 1.54) is 6.08 Å². The Labute approximate surface area is 139 Å². The number of aromatic nitrogens is 1. The van der Waals surface area contributed by atoms with Crippen molar-refractivity contribution in [2.24, 2.45) is 0 Å². The zero-order chi connectivity index (χ0) is 16.9. The smallest absolute Gasteiger partial charge is 0.290 e. The van der Waals surface area contributed by atoms with Crippen molar-refractivity contribution in [1.82, 2.24) is 15.4 Å². The molecule has 0 atom stereocenters. The molecule has 2 aromatic rings. The minimum atomic E-state index is -0.266. The van der Waals surface area contributed by atoms with Gasteiger partial charge >= 0.3 is 0 Å². The fraction of sp³-hybridized carbons (Fsp3) is 0.353. The predicted molar refractivity (Wildman–Crippen MR) is 86.1 cm³/mol. The Morgan fingerprint density at radius 2 is 2.17 bits per heavy atom. The van der Waals surface area contributed by atoms with Gasteiger partial charge in [-0.3, -0.25) is 9.59 Å². The number of furan rings is 1. The second kappa shape index (κ2) is 7.16. The number of piperidine rings is 1. The van der Waals surface area contributed by atoms with Crippen LogP contribution in [0.15, 0.2) is 39.5 Å². The second-order valence-electron chi connectivity index (χ2n) is 5.75. The molecule has 3 rings (SSSR count). The third-order valence-electron chi connectivity index (χ3n) is 3.93. The molecule has 0 saturated carbocycles. The third kappa shape index (κ3) is 3.92. The number of aryl methyl sites for hydroxylation is 1. The number of nitrogens with zero attached hydrogens (tertiary/aromatic N) is 2. The molecule has 0 spiro atoms. The quantitative estimate of drug-likeness (QED) is 0.867. The van der Waals surface area contributed by atoms with Crippen LogP contribution in [0.3, 0.4) is 0 Å². The predicted octanol–water partition coefficient (Wildman–Crippen LogP) is 2.01. The number of carbonyl (C=O) groups is 2. The number of rotatable bonds is 4. The Morgan fingerprint density at radius 1 is 1.38 bits per heavy atom. The Hall–Kier alpha value is -2.83. The second-order valence-corrected chi connectivity index (χ2v) is 5.75. The molecule has 1 fully saturated rings. The fourth-order valence-electron chi connectivity index (χ4n) is 2.62. The Bertz CT molecular complexity index is 725. The number of amides is 2. The van der Waals surface area contributed by atoms with Gasteiger partial charge in [0.1, 0.15) is 5.76 Å². The number of carbonyl (C=O) groups excluding carboxylic acids is 2. The highest BCUT2D eigenvalue weighted by atomic mass is 16.5. The van der Waals surface area contributed by atoms with E-state index in [1.807, 2.05) is 0 Å². The highest BCUT2D eigenvalue weighted by Gasteiger charge is 2.24. The van der Waals surface area contributed by atoms with E-state index >= 15 is 0 Å². The Balaban J connectivity index is 1.47. The highest BCUT2D eigenvalue weighted by molar-refractivity contribution is 5.92. The first-order valence-corrected chi connectivity index (χ1v) is 7.86. The zero-order valence-corrected chi connectivity index (χ0v) is 13.4. The average molecular weight is 329 g/mol. The number of hydrogen-bond donors (Lipinski definition) is 1. The van der Waals surface area contributed by atoms with Crippen molar-refractivity contribution >= 4 is 17.9 Å². The lowest BCUT2D eigenvalue weighted by Gasteiger charge is -2.31. The molecular formula is C17H19N3O4. The van der Waals surface area contributed by atoms with Crippen molar-refractivity contribution < 1.29 is 18.5 Å². The van der Waals surface area contributed by atoms with E-state index < -0.39 is 0 Å². The lowest BCUT2D eigenvalue weighted by molar-refractivity contribution is -0.127. The molecule has 1 saturated heterocycles. The maximum Gasteiger partial charge on any atom is 0.290 e. The lowest BCUT2D eigenvalue weighted by atomic mass is 10.0. The van der Waals surface area contributed by atoms with Crippen LogP contribution in [0, 0.1) is 6.92 Å². The van der Waals surface area contributed by atoms with Crippen LogP contribution in [-0.2, 0) is 4.79 Å². The zero-order valence-electron chi connectivity index (χ0n) is 13.4.